The Morgan fingerprint density at radius 3 is 2.08 bits per heavy atom. The average Bonchev–Trinajstić information content (AvgIpc) is 1.97. The van der Waals surface area contributed by atoms with Crippen molar-refractivity contribution in [3.63, 3.8) is 0 Å². The van der Waals surface area contributed by atoms with E-state index in [1.807, 2.05) is 0 Å². The molecule has 0 aliphatic rings. The van der Waals surface area contributed by atoms with E-state index in [2.05, 4.69) is 6.92 Å². The molecule has 0 aromatic rings. The average molecular weight is 320 g/mol. The molecule has 0 aliphatic heterocycles. The summed E-state index contributed by atoms with van der Waals surface area (Å²) in [6.07, 6.45) is 2.49. The Balaban J connectivity index is 0. The standard InChI is InChI=1S/C6H13O.Ba.H3O3P/c1-3-5-6-7-4-2;;1-4(2)3/h2-6H2,1H3;;1-3H/q;+2;. The van der Waals surface area contributed by atoms with Gasteiger partial charge in [0, 0.05) is 0 Å². The zero-order chi connectivity index (χ0) is 9.82. The van der Waals surface area contributed by atoms with Gasteiger partial charge in [-0.25, -0.2) is 0 Å². The van der Waals surface area contributed by atoms with Crippen molar-refractivity contribution in [2.75, 3.05) is 13.2 Å². The Bertz CT molecular complexity index is 65.8. The predicted octanol–water partition coefficient (Wildman–Crippen LogP) is 0.580. The van der Waals surface area contributed by atoms with Crippen LogP contribution >= 0.6 is 8.60 Å². The molecule has 0 saturated carbocycles. The summed E-state index contributed by atoms with van der Waals surface area (Å²) in [6.45, 7) is 4.18. The molecule has 0 saturated heterocycles. The molecule has 0 fully saturated rings. The van der Waals surface area contributed by atoms with Gasteiger partial charge in [-0.15, -0.1) is 0 Å². The topological polar surface area (TPSA) is 69.9 Å². The van der Waals surface area contributed by atoms with Gasteiger partial charge in [0.2, 0.25) is 0 Å². The van der Waals surface area contributed by atoms with Crippen LogP contribution < -0.4 is 0 Å². The first-order valence-corrected chi connectivity index (χ1v) is 8.22. The minimum absolute atomic E-state index is 0.943. The van der Waals surface area contributed by atoms with Crippen molar-refractivity contribution in [3.8, 4) is 0 Å². The van der Waals surface area contributed by atoms with Crippen molar-refractivity contribution in [1.82, 2.24) is 0 Å². The summed E-state index contributed by atoms with van der Waals surface area (Å²) < 4.78 is 6.61. The fourth-order valence-electron chi connectivity index (χ4n) is 0.451. The molecular formula is C6H16BaO4P+2. The number of rotatable bonds is 5. The molecule has 69 valence electrons. The number of hydrogen-bond donors (Lipinski definition) is 3. The smallest absolute Gasteiger partial charge is 0.324 e. The van der Waals surface area contributed by atoms with Gasteiger partial charge in [0.1, 0.15) is 0 Å². The summed E-state index contributed by atoms with van der Waals surface area (Å²) in [4.78, 5) is 21.7. The normalized spacial score (nSPS) is 9.50. The molecule has 0 heterocycles. The molecule has 3 N–H and O–H groups in total. The van der Waals surface area contributed by atoms with Gasteiger partial charge >= 0.3 is 93.7 Å². The van der Waals surface area contributed by atoms with Crippen LogP contribution in [0, 0.1) is 0 Å². The van der Waals surface area contributed by atoms with Crippen molar-refractivity contribution in [3.05, 3.63) is 0 Å². The Labute approximate surface area is 107 Å². The van der Waals surface area contributed by atoms with Crippen LogP contribution in [0.5, 0.6) is 0 Å². The zero-order valence-corrected chi connectivity index (χ0v) is 12.8. The predicted molar refractivity (Wildman–Crippen MR) is 49.9 cm³/mol. The Morgan fingerprint density at radius 2 is 1.75 bits per heavy atom. The van der Waals surface area contributed by atoms with Crippen LogP contribution in [-0.4, -0.2) is 74.4 Å². The van der Waals surface area contributed by atoms with Crippen LogP contribution in [-0.2, 0) is 4.74 Å². The minimum Gasteiger partial charge on any atom is -0.328 e. The third-order valence-corrected chi connectivity index (χ3v) is 1.84. The van der Waals surface area contributed by atoms with Gasteiger partial charge in [-0.05, 0) is 0 Å². The summed E-state index contributed by atoms with van der Waals surface area (Å²) in [5.74, 6) is 0. The molecule has 7 radical (unpaired) electrons. The SMILES string of the molecule is CCCCOC[CH2][Ba+2].OP(O)O. The molecule has 0 atom stereocenters. The van der Waals surface area contributed by atoms with E-state index in [9.17, 15) is 0 Å². The summed E-state index contributed by atoms with van der Waals surface area (Å²) in [5.41, 5.74) is 0. The van der Waals surface area contributed by atoms with E-state index in [0.29, 0.717) is 0 Å². The Kier molecular flexibility index (Phi) is 20.8. The molecule has 0 aliphatic carbocycles. The molecule has 12 heavy (non-hydrogen) atoms. The third-order valence-electron chi connectivity index (χ3n) is 0.931. The van der Waals surface area contributed by atoms with Crippen molar-refractivity contribution in [1.29, 1.82) is 0 Å². The van der Waals surface area contributed by atoms with Gasteiger partial charge in [0.05, 0.1) is 0 Å². The van der Waals surface area contributed by atoms with Crippen molar-refractivity contribution in [2.45, 2.75) is 20.7 Å². The molecule has 0 bridgehead atoms. The van der Waals surface area contributed by atoms with Gasteiger partial charge in [0.25, 0.3) is 0 Å². The second-order valence-electron chi connectivity index (χ2n) is 2.09. The zero-order valence-electron chi connectivity index (χ0n) is 7.44. The second-order valence-corrected chi connectivity index (χ2v) is 4.84. The second kappa shape index (κ2) is 15.3. The summed E-state index contributed by atoms with van der Waals surface area (Å²) in [5, 5.41) is 0. The molecule has 4 nitrogen and oxygen atoms in total. The van der Waals surface area contributed by atoms with Gasteiger partial charge < -0.3 is 14.7 Å². The largest absolute Gasteiger partial charge is 0.328 e. The molecule has 0 aromatic heterocycles. The quantitative estimate of drug-likeness (QED) is 0.394. The minimum atomic E-state index is -2.62. The summed E-state index contributed by atoms with van der Waals surface area (Å²) >= 11 is 0.943. The fraction of sp³-hybridized carbons (Fsp3) is 1.00. The van der Waals surface area contributed by atoms with Crippen molar-refractivity contribution in [2.24, 2.45) is 0 Å². The number of ether oxygens (including phenoxy) is 1. The van der Waals surface area contributed by atoms with E-state index in [-0.39, 0.29) is 0 Å². The molecule has 6 heteroatoms. The van der Waals surface area contributed by atoms with Crippen LogP contribution in [0.15, 0.2) is 0 Å². The first-order chi connectivity index (χ1) is 5.65. The van der Waals surface area contributed by atoms with E-state index in [4.69, 9.17) is 19.4 Å². The molecule has 0 spiro atoms. The van der Waals surface area contributed by atoms with Gasteiger partial charge in [-0.1, -0.05) is 0 Å². The fourth-order valence-corrected chi connectivity index (χ4v) is 1.09. The van der Waals surface area contributed by atoms with E-state index in [1.54, 1.807) is 0 Å². The molecular weight excluding hydrogens is 304 g/mol. The molecule has 0 aromatic carbocycles. The van der Waals surface area contributed by atoms with Crippen LogP contribution in [0.25, 0.3) is 0 Å². The monoisotopic (exact) mass is 321 g/mol. The van der Waals surface area contributed by atoms with E-state index in [0.717, 1.165) is 59.7 Å². The van der Waals surface area contributed by atoms with Crippen LogP contribution in [0.4, 0.5) is 0 Å². The molecule has 0 unspecified atom stereocenters. The van der Waals surface area contributed by atoms with E-state index in [1.165, 1.54) is 13.7 Å². The summed E-state index contributed by atoms with van der Waals surface area (Å²) in [7, 11) is -2.62. The van der Waals surface area contributed by atoms with Gasteiger partial charge in [0.15, 0.2) is 0 Å². The van der Waals surface area contributed by atoms with Gasteiger partial charge in [-0.3, -0.25) is 0 Å². The van der Waals surface area contributed by atoms with Crippen molar-refractivity contribution < 1.29 is 19.4 Å². The third kappa shape index (κ3) is 29.7. The molecule has 0 amide bonds. The maximum atomic E-state index is 7.23. The molecule has 0 rings (SSSR count). The maximum Gasteiger partial charge on any atom is 0.324 e. The van der Waals surface area contributed by atoms with Crippen LogP contribution in [0.3, 0.4) is 0 Å². The van der Waals surface area contributed by atoms with E-state index < -0.39 is 8.60 Å². The number of unbranched alkanes of at least 4 members (excludes halogenated alkanes) is 1. The van der Waals surface area contributed by atoms with E-state index >= 15 is 0 Å². The maximum absolute atomic E-state index is 7.23. The Morgan fingerprint density at radius 1 is 1.25 bits per heavy atom. The first-order valence-electron chi connectivity index (χ1n) is 3.88. The van der Waals surface area contributed by atoms with Crippen LogP contribution in [0.2, 0.25) is 0.889 Å². The van der Waals surface area contributed by atoms with Crippen molar-refractivity contribution >= 4 is 55.1 Å². The number of hydrogen-bond acceptors (Lipinski definition) is 4. The Hall–Kier alpha value is 1.84. The summed E-state index contributed by atoms with van der Waals surface area (Å²) in [6, 6.07) is 0. The first kappa shape index (κ1) is 16.3. The van der Waals surface area contributed by atoms with Crippen LogP contribution in [0.1, 0.15) is 19.8 Å². The van der Waals surface area contributed by atoms with Gasteiger partial charge in [-0.2, -0.15) is 0 Å².